The Hall–Kier alpha value is -0.280. The molecule has 0 aromatic heterocycles. The SMILES string of the molecule is CCC(NC1CCCN(CC)C1)c1ccc(Cl)cc1Cl. The molecule has 2 nitrogen and oxygen atoms in total. The molecular weight excluding hydrogens is 291 g/mol. The molecule has 1 aromatic carbocycles. The van der Waals surface area contributed by atoms with E-state index < -0.39 is 0 Å². The summed E-state index contributed by atoms with van der Waals surface area (Å²) in [5.74, 6) is 0. The minimum Gasteiger partial charge on any atom is -0.306 e. The van der Waals surface area contributed by atoms with Gasteiger partial charge in [0, 0.05) is 28.7 Å². The van der Waals surface area contributed by atoms with Gasteiger partial charge in [-0.15, -0.1) is 0 Å². The number of nitrogens with one attached hydrogen (secondary N) is 1. The molecular formula is C16H24Cl2N2. The van der Waals surface area contributed by atoms with Crippen LogP contribution >= 0.6 is 23.2 Å². The highest BCUT2D eigenvalue weighted by molar-refractivity contribution is 6.35. The van der Waals surface area contributed by atoms with Crippen molar-refractivity contribution in [1.82, 2.24) is 10.2 Å². The smallest absolute Gasteiger partial charge is 0.0468 e. The molecule has 112 valence electrons. The highest BCUT2D eigenvalue weighted by Gasteiger charge is 2.22. The summed E-state index contributed by atoms with van der Waals surface area (Å²) in [6.07, 6.45) is 3.55. The van der Waals surface area contributed by atoms with Gasteiger partial charge in [0.1, 0.15) is 0 Å². The van der Waals surface area contributed by atoms with Crippen LogP contribution in [0.1, 0.15) is 44.7 Å². The number of halogens is 2. The van der Waals surface area contributed by atoms with E-state index >= 15 is 0 Å². The van der Waals surface area contributed by atoms with Crippen molar-refractivity contribution in [2.45, 2.75) is 45.2 Å². The van der Waals surface area contributed by atoms with Crippen LogP contribution in [0.25, 0.3) is 0 Å². The van der Waals surface area contributed by atoms with Crippen LogP contribution in [0.3, 0.4) is 0 Å². The molecule has 4 heteroatoms. The molecule has 1 N–H and O–H groups in total. The Morgan fingerprint density at radius 3 is 2.80 bits per heavy atom. The van der Waals surface area contributed by atoms with Crippen LogP contribution < -0.4 is 5.32 Å². The zero-order valence-electron chi connectivity index (χ0n) is 12.3. The summed E-state index contributed by atoms with van der Waals surface area (Å²) < 4.78 is 0. The lowest BCUT2D eigenvalue weighted by atomic mass is 10.00. The largest absolute Gasteiger partial charge is 0.306 e. The number of likely N-dealkylation sites (tertiary alicyclic amines) is 1. The molecule has 2 unspecified atom stereocenters. The minimum atomic E-state index is 0.307. The van der Waals surface area contributed by atoms with Gasteiger partial charge in [-0.3, -0.25) is 0 Å². The number of benzene rings is 1. The molecule has 0 bridgehead atoms. The van der Waals surface area contributed by atoms with Gasteiger partial charge < -0.3 is 10.2 Å². The first-order chi connectivity index (χ1) is 9.63. The van der Waals surface area contributed by atoms with Gasteiger partial charge in [0.2, 0.25) is 0 Å². The van der Waals surface area contributed by atoms with Crippen LogP contribution in [-0.2, 0) is 0 Å². The summed E-state index contributed by atoms with van der Waals surface area (Å²) >= 11 is 12.3. The van der Waals surface area contributed by atoms with E-state index in [0.29, 0.717) is 17.1 Å². The molecule has 1 heterocycles. The average molecular weight is 315 g/mol. The number of hydrogen-bond donors (Lipinski definition) is 1. The van der Waals surface area contributed by atoms with Gasteiger partial charge in [-0.1, -0.05) is 43.1 Å². The summed E-state index contributed by atoms with van der Waals surface area (Å²) in [4.78, 5) is 2.51. The van der Waals surface area contributed by atoms with E-state index in [0.717, 1.165) is 30.1 Å². The fourth-order valence-corrected chi connectivity index (χ4v) is 3.52. The van der Waals surface area contributed by atoms with Gasteiger partial charge in [-0.05, 0) is 50.0 Å². The van der Waals surface area contributed by atoms with Gasteiger partial charge >= 0.3 is 0 Å². The third-order valence-corrected chi connectivity index (χ3v) is 4.70. The quantitative estimate of drug-likeness (QED) is 0.859. The second kappa shape index (κ2) is 7.65. The Morgan fingerprint density at radius 1 is 1.35 bits per heavy atom. The summed E-state index contributed by atoms with van der Waals surface area (Å²) in [6.45, 7) is 7.93. The summed E-state index contributed by atoms with van der Waals surface area (Å²) in [6, 6.07) is 6.67. The lowest BCUT2D eigenvalue weighted by Crippen LogP contribution is -2.46. The van der Waals surface area contributed by atoms with E-state index in [2.05, 4.69) is 24.1 Å². The normalized spacial score (nSPS) is 21.9. The number of likely N-dealkylation sites (N-methyl/N-ethyl adjacent to an activating group) is 1. The van der Waals surface area contributed by atoms with Crippen LogP contribution in [0, 0.1) is 0 Å². The molecule has 1 fully saturated rings. The van der Waals surface area contributed by atoms with E-state index in [9.17, 15) is 0 Å². The minimum absolute atomic E-state index is 0.307. The van der Waals surface area contributed by atoms with Crippen LogP contribution in [0.5, 0.6) is 0 Å². The molecule has 0 amide bonds. The van der Waals surface area contributed by atoms with E-state index in [4.69, 9.17) is 23.2 Å². The molecule has 2 atom stereocenters. The lowest BCUT2D eigenvalue weighted by molar-refractivity contribution is 0.189. The first-order valence-electron chi connectivity index (χ1n) is 7.57. The van der Waals surface area contributed by atoms with E-state index in [1.165, 1.54) is 19.4 Å². The first kappa shape index (κ1) is 16.1. The maximum atomic E-state index is 6.34. The summed E-state index contributed by atoms with van der Waals surface area (Å²) in [5.41, 5.74) is 1.16. The van der Waals surface area contributed by atoms with Crippen molar-refractivity contribution in [3.63, 3.8) is 0 Å². The molecule has 0 spiro atoms. The fraction of sp³-hybridized carbons (Fsp3) is 0.625. The van der Waals surface area contributed by atoms with Gasteiger partial charge in [0.25, 0.3) is 0 Å². The molecule has 1 saturated heterocycles. The average Bonchev–Trinajstić information content (AvgIpc) is 2.45. The Kier molecular flexibility index (Phi) is 6.16. The number of piperidine rings is 1. The lowest BCUT2D eigenvalue weighted by Gasteiger charge is -2.35. The molecule has 0 saturated carbocycles. The van der Waals surface area contributed by atoms with Crippen molar-refractivity contribution < 1.29 is 0 Å². The Balaban J connectivity index is 2.04. The topological polar surface area (TPSA) is 15.3 Å². The van der Waals surface area contributed by atoms with E-state index in [1.54, 1.807) is 0 Å². The standard InChI is InChI=1S/C16H24Cl2N2/c1-3-16(14-8-7-12(17)10-15(14)18)19-13-6-5-9-20(4-2)11-13/h7-8,10,13,16,19H,3-6,9,11H2,1-2H3. The van der Waals surface area contributed by atoms with E-state index in [1.807, 2.05) is 18.2 Å². The van der Waals surface area contributed by atoms with Gasteiger partial charge in [0.05, 0.1) is 0 Å². The third kappa shape index (κ3) is 4.11. The van der Waals surface area contributed by atoms with Gasteiger partial charge in [0.15, 0.2) is 0 Å². The van der Waals surface area contributed by atoms with Crippen LogP contribution in [0.4, 0.5) is 0 Å². The van der Waals surface area contributed by atoms with Crippen molar-refractivity contribution in [3.8, 4) is 0 Å². The maximum Gasteiger partial charge on any atom is 0.0468 e. The van der Waals surface area contributed by atoms with Crippen molar-refractivity contribution in [3.05, 3.63) is 33.8 Å². The van der Waals surface area contributed by atoms with Crippen LogP contribution in [0.2, 0.25) is 10.0 Å². The predicted octanol–water partition coefficient (Wildman–Crippen LogP) is 4.52. The Morgan fingerprint density at radius 2 is 2.15 bits per heavy atom. The number of hydrogen-bond acceptors (Lipinski definition) is 2. The zero-order chi connectivity index (χ0) is 14.5. The van der Waals surface area contributed by atoms with Crippen molar-refractivity contribution in [2.24, 2.45) is 0 Å². The third-order valence-electron chi connectivity index (χ3n) is 4.14. The second-order valence-electron chi connectivity index (χ2n) is 5.53. The Labute approximate surface area is 132 Å². The zero-order valence-corrected chi connectivity index (χ0v) is 13.8. The highest BCUT2D eigenvalue weighted by atomic mass is 35.5. The maximum absolute atomic E-state index is 6.34. The summed E-state index contributed by atoms with van der Waals surface area (Å²) in [5, 5.41) is 5.24. The number of nitrogens with zero attached hydrogens (tertiary/aromatic N) is 1. The molecule has 2 rings (SSSR count). The van der Waals surface area contributed by atoms with Crippen molar-refractivity contribution >= 4 is 23.2 Å². The monoisotopic (exact) mass is 314 g/mol. The molecule has 0 radical (unpaired) electrons. The first-order valence-corrected chi connectivity index (χ1v) is 8.33. The van der Waals surface area contributed by atoms with Gasteiger partial charge in [-0.2, -0.15) is 0 Å². The number of rotatable bonds is 5. The molecule has 20 heavy (non-hydrogen) atoms. The molecule has 1 aliphatic heterocycles. The van der Waals surface area contributed by atoms with Crippen LogP contribution in [0.15, 0.2) is 18.2 Å². The second-order valence-corrected chi connectivity index (χ2v) is 6.37. The highest BCUT2D eigenvalue weighted by Crippen LogP contribution is 2.29. The van der Waals surface area contributed by atoms with Crippen molar-refractivity contribution in [2.75, 3.05) is 19.6 Å². The van der Waals surface area contributed by atoms with E-state index in [-0.39, 0.29) is 0 Å². The predicted molar refractivity (Wildman–Crippen MR) is 87.8 cm³/mol. The fourth-order valence-electron chi connectivity index (χ4n) is 2.97. The van der Waals surface area contributed by atoms with Gasteiger partial charge in [-0.25, -0.2) is 0 Å². The molecule has 1 aliphatic rings. The van der Waals surface area contributed by atoms with Crippen molar-refractivity contribution in [1.29, 1.82) is 0 Å². The van der Waals surface area contributed by atoms with Crippen LogP contribution in [-0.4, -0.2) is 30.6 Å². The molecule has 1 aromatic rings. The Bertz CT molecular complexity index is 436. The molecule has 0 aliphatic carbocycles. The summed E-state index contributed by atoms with van der Waals surface area (Å²) in [7, 11) is 0.